The molecule has 3 rings (SSSR count). The molecular formula is C20H26N2O2. The smallest absolute Gasteiger partial charge is 0.121 e. The van der Waals surface area contributed by atoms with E-state index in [2.05, 4.69) is 36.9 Å². The van der Waals surface area contributed by atoms with Gasteiger partial charge in [0.1, 0.15) is 18.1 Å². The number of hydrogen-bond acceptors (Lipinski definition) is 4. The van der Waals surface area contributed by atoms with Gasteiger partial charge in [0.05, 0.1) is 0 Å². The molecule has 24 heavy (non-hydrogen) atoms. The summed E-state index contributed by atoms with van der Waals surface area (Å²) < 4.78 is 6.01. The van der Waals surface area contributed by atoms with Gasteiger partial charge >= 0.3 is 0 Å². The summed E-state index contributed by atoms with van der Waals surface area (Å²) in [7, 11) is 0. The van der Waals surface area contributed by atoms with Crippen LogP contribution in [0.4, 0.5) is 5.69 Å². The minimum Gasteiger partial charge on any atom is -0.489 e. The van der Waals surface area contributed by atoms with Gasteiger partial charge in [0, 0.05) is 30.8 Å². The Morgan fingerprint density at radius 3 is 2.75 bits per heavy atom. The molecule has 4 heteroatoms. The van der Waals surface area contributed by atoms with Crippen molar-refractivity contribution < 1.29 is 9.84 Å². The molecule has 1 heterocycles. The molecule has 3 atom stereocenters. The number of aryl methyl sites for hydroxylation is 1. The van der Waals surface area contributed by atoms with Gasteiger partial charge in [-0.1, -0.05) is 42.8 Å². The van der Waals surface area contributed by atoms with Gasteiger partial charge < -0.3 is 15.6 Å². The largest absolute Gasteiger partial charge is 0.489 e. The van der Waals surface area contributed by atoms with Crippen LogP contribution in [0.1, 0.15) is 30.4 Å². The first-order chi connectivity index (χ1) is 11.5. The van der Waals surface area contributed by atoms with E-state index in [-0.39, 0.29) is 12.0 Å². The van der Waals surface area contributed by atoms with Crippen molar-refractivity contribution in [2.75, 3.05) is 18.8 Å². The van der Waals surface area contributed by atoms with Gasteiger partial charge in [-0.2, -0.15) is 0 Å². The number of anilines is 1. The normalized spacial score (nSPS) is 20.7. The molecule has 1 aliphatic rings. The minimum absolute atomic E-state index is 0.0658. The molecule has 0 radical (unpaired) electrons. The first-order valence-electron chi connectivity index (χ1n) is 8.54. The number of aliphatic hydroxyl groups is 1. The van der Waals surface area contributed by atoms with Crippen molar-refractivity contribution in [1.29, 1.82) is 0 Å². The number of benzene rings is 2. The number of aliphatic hydroxyl groups excluding tert-OH is 1. The Bertz CT molecular complexity index is 689. The second-order valence-electron chi connectivity index (χ2n) is 6.71. The van der Waals surface area contributed by atoms with E-state index in [4.69, 9.17) is 10.5 Å². The van der Waals surface area contributed by atoms with Gasteiger partial charge in [-0.25, -0.2) is 0 Å². The molecule has 0 aliphatic carbocycles. The zero-order chi connectivity index (χ0) is 17.1. The van der Waals surface area contributed by atoms with Gasteiger partial charge in [-0.3, -0.25) is 4.90 Å². The highest BCUT2D eigenvalue weighted by atomic mass is 16.5. The van der Waals surface area contributed by atoms with E-state index < -0.39 is 6.23 Å². The first kappa shape index (κ1) is 16.8. The van der Waals surface area contributed by atoms with Crippen molar-refractivity contribution in [2.24, 2.45) is 0 Å². The lowest BCUT2D eigenvalue weighted by Gasteiger charge is -2.28. The van der Waals surface area contributed by atoms with E-state index in [1.54, 1.807) is 0 Å². The maximum Gasteiger partial charge on any atom is 0.121 e. The highest BCUT2D eigenvalue weighted by molar-refractivity contribution is 5.43. The van der Waals surface area contributed by atoms with Gasteiger partial charge in [-0.15, -0.1) is 0 Å². The number of likely N-dealkylation sites (tertiary alicyclic amines) is 1. The molecule has 4 nitrogen and oxygen atoms in total. The lowest BCUT2D eigenvalue weighted by Crippen LogP contribution is -2.38. The van der Waals surface area contributed by atoms with Crippen LogP contribution in [-0.2, 0) is 0 Å². The van der Waals surface area contributed by atoms with Crippen LogP contribution in [0.5, 0.6) is 5.75 Å². The van der Waals surface area contributed by atoms with Crippen molar-refractivity contribution >= 4 is 5.69 Å². The summed E-state index contributed by atoms with van der Waals surface area (Å²) in [5.41, 5.74) is 8.89. The average molecular weight is 326 g/mol. The highest BCUT2D eigenvalue weighted by Gasteiger charge is 2.31. The molecule has 3 unspecified atom stereocenters. The molecule has 2 aromatic rings. The van der Waals surface area contributed by atoms with Crippen molar-refractivity contribution in [3.63, 3.8) is 0 Å². The van der Waals surface area contributed by atoms with Crippen molar-refractivity contribution in [3.05, 3.63) is 59.7 Å². The van der Waals surface area contributed by atoms with Crippen LogP contribution in [0, 0.1) is 6.92 Å². The average Bonchev–Trinajstić information content (AvgIpc) is 3.02. The van der Waals surface area contributed by atoms with E-state index in [9.17, 15) is 5.11 Å². The van der Waals surface area contributed by atoms with Gasteiger partial charge in [0.15, 0.2) is 0 Å². The SMILES string of the molecule is Cc1cccc(C(C)C(O)N2CCC(Oc3cccc(N)c3)C2)c1. The third-order valence-corrected chi connectivity index (χ3v) is 4.73. The molecular weight excluding hydrogens is 300 g/mol. The number of hydrogen-bond donors (Lipinski definition) is 2. The maximum atomic E-state index is 10.7. The molecule has 0 amide bonds. The summed E-state index contributed by atoms with van der Waals surface area (Å²) in [6, 6.07) is 15.9. The van der Waals surface area contributed by atoms with Crippen molar-refractivity contribution in [3.8, 4) is 5.75 Å². The first-order valence-corrected chi connectivity index (χ1v) is 8.54. The Labute approximate surface area is 143 Å². The monoisotopic (exact) mass is 326 g/mol. The van der Waals surface area contributed by atoms with Gasteiger partial charge in [-0.05, 0) is 31.0 Å². The summed E-state index contributed by atoms with van der Waals surface area (Å²) >= 11 is 0. The van der Waals surface area contributed by atoms with E-state index in [0.717, 1.165) is 25.3 Å². The van der Waals surface area contributed by atoms with Crippen LogP contribution in [0.2, 0.25) is 0 Å². The lowest BCUT2D eigenvalue weighted by atomic mass is 9.97. The number of nitrogen functional groups attached to an aromatic ring is 1. The van der Waals surface area contributed by atoms with E-state index >= 15 is 0 Å². The van der Waals surface area contributed by atoms with Gasteiger partial charge in [0.25, 0.3) is 0 Å². The minimum atomic E-state index is -0.499. The Hall–Kier alpha value is -2.04. The number of nitrogens with zero attached hydrogens (tertiary/aromatic N) is 1. The molecule has 128 valence electrons. The highest BCUT2D eigenvalue weighted by Crippen LogP contribution is 2.27. The second-order valence-corrected chi connectivity index (χ2v) is 6.71. The Morgan fingerprint density at radius 1 is 1.21 bits per heavy atom. The summed E-state index contributed by atoms with van der Waals surface area (Å²) in [5.74, 6) is 0.860. The Kier molecular flexibility index (Phi) is 5.07. The van der Waals surface area contributed by atoms with E-state index in [1.807, 2.05) is 30.3 Å². The van der Waals surface area contributed by atoms with E-state index in [1.165, 1.54) is 11.1 Å². The standard InChI is InChI=1S/C20H26N2O2/c1-14-5-3-6-16(11-14)15(2)20(23)22-10-9-19(13-22)24-18-8-4-7-17(21)12-18/h3-8,11-12,15,19-20,23H,9-10,13,21H2,1-2H3. The van der Waals surface area contributed by atoms with Crippen LogP contribution in [0.15, 0.2) is 48.5 Å². The molecule has 0 aromatic heterocycles. The van der Waals surface area contributed by atoms with Crippen LogP contribution in [0.25, 0.3) is 0 Å². The van der Waals surface area contributed by atoms with Gasteiger partial charge in [0.2, 0.25) is 0 Å². The lowest BCUT2D eigenvalue weighted by molar-refractivity contribution is -0.00331. The maximum absolute atomic E-state index is 10.7. The fourth-order valence-electron chi connectivity index (χ4n) is 3.31. The number of ether oxygens (including phenoxy) is 1. The van der Waals surface area contributed by atoms with Crippen LogP contribution in [-0.4, -0.2) is 35.4 Å². The topological polar surface area (TPSA) is 58.7 Å². The fraction of sp³-hybridized carbons (Fsp3) is 0.400. The Morgan fingerprint density at radius 2 is 2.00 bits per heavy atom. The molecule has 1 saturated heterocycles. The molecule has 1 aliphatic heterocycles. The Balaban J connectivity index is 1.60. The second kappa shape index (κ2) is 7.24. The summed E-state index contributed by atoms with van der Waals surface area (Å²) in [6.45, 7) is 5.72. The van der Waals surface area contributed by atoms with Crippen molar-refractivity contribution in [2.45, 2.75) is 38.5 Å². The van der Waals surface area contributed by atoms with E-state index in [0.29, 0.717) is 5.69 Å². The van der Waals surface area contributed by atoms with Crippen LogP contribution < -0.4 is 10.5 Å². The summed E-state index contributed by atoms with van der Waals surface area (Å²) in [6.07, 6.45) is 0.499. The quantitative estimate of drug-likeness (QED) is 0.829. The zero-order valence-corrected chi connectivity index (χ0v) is 14.4. The molecule has 0 spiro atoms. The summed E-state index contributed by atoms with van der Waals surface area (Å²) in [4.78, 5) is 2.10. The molecule has 2 aromatic carbocycles. The molecule has 0 bridgehead atoms. The predicted octanol–water partition coefficient (Wildman–Crippen LogP) is 3.15. The zero-order valence-electron chi connectivity index (χ0n) is 14.4. The van der Waals surface area contributed by atoms with Crippen molar-refractivity contribution in [1.82, 2.24) is 4.90 Å². The van der Waals surface area contributed by atoms with Crippen LogP contribution in [0.3, 0.4) is 0 Å². The molecule has 1 fully saturated rings. The third-order valence-electron chi connectivity index (χ3n) is 4.73. The predicted molar refractivity (Wildman–Crippen MR) is 97.1 cm³/mol. The third kappa shape index (κ3) is 3.89. The number of nitrogens with two attached hydrogens (primary N) is 1. The number of rotatable bonds is 5. The van der Waals surface area contributed by atoms with Crippen LogP contribution >= 0.6 is 0 Å². The molecule has 0 saturated carbocycles. The fourth-order valence-corrected chi connectivity index (χ4v) is 3.31. The summed E-state index contributed by atoms with van der Waals surface area (Å²) in [5, 5.41) is 10.7. The molecule has 3 N–H and O–H groups in total.